The Morgan fingerprint density at radius 1 is 1.00 bits per heavy atom. The van der Waals surface area contributed by atoms with Gasteiger partial charge in [-0.15, -0.1) is 0 Å². The molecule has 5 rings (SSSR count). The summed E-state index contributed by atoms with van der Waals surface area (Å²) in [5.41, 5.74) is -3.90. The first-order valence-corrected chi connectivity index (χ1v) is 16.7. The highest BCUT2D eigenvalue weighted by atomic mass is 16.6. The molecule has 0 aromatic rings. The van der Waals surface area contributed by atoms with Crippen molar-refractivity contribution in [2.24, 2.45) is 40.4 Å². The summed E-state index contributed by atoms with van der Waals surface area (Å²) in [5, 5.41) is 25.1. The smallest absolute Gasteiger partial charge is 0.309 e. The Labute approximate surface area is 270 Å². The highest BCUT2D eigenvalue weighted by molar-refractivity contribution is 5.95. The zero-order chi connectivity index (χ0) is 34.1. The Hall–Kier alpha value is -2.79. The van der Waals surface area contributed by atoms with E-state index in [1.807, 2.05) is 13.8 Å². The summed E-state index contributed by atoms with van der Waals surface area (Å²) >= 11 is 0. The zero-order valence-corrected chi connectivity index (χ0v) is 28.3. The summed E-state index contributed by atoms with van der Waals surface area (Å²) in [7, 11) is 0. The molecule has 4 aliphatic carbocycles. The molecule has 11 heteroatoms. The van der Waals surface area contributed by atoms with E-state index in [0.717, 1.165) is 0 Å². The molecular weight excluding hydrogens is 596 g/mol. The molecule has 0 spiro atoms. The molecule has 0 radical (unpaired) electrons. The molecule has 1 aliphatic heterocycles. The maximum absolute atomic E-state index is 13.9. The number of cyclic esters (lactones) is 1. The Morgan fingerprint density at radius 2 is 1.63 bits per heavy atom. The molecule has 2 N–H and O–H groups in total. The van der Waals surface area contributed by atoms with Gasteiger partial charge in [0.05, 0.1) is 11.5 Å². The van der Waals surface area contributed by atoms with Crippen molar-refractivity contribution in [2.45, 2.75) is 136 Å². The quantitative estimate of drug-likeness (QED) is 0.307. The lowest BCUT2D eigenvalue weighted by Crippen LogP contribution is -2.63. The van der Waals surface area contributed by atoms with Gasteiger partial charge in [-0.2, -0.15) is 0 Å². The van der Waals surface area contributed by atoms with Gasteiger partial charge in [-0.3, -0.25) is 24.0 Å². The standard InChI is InChI=1S/C35H50O11/c1-17-22(18(2)43-31(17)40)13-30(46-21(5)38)34(8,41)29-10-12-35(42)24-14-26(39)25-15-27(44-19(3)36)28(45-20(4)37)16-32(25,6)23(24)9-11-33(29,35)7/h14,17-18,22-23,25,27-30,41-42H,9-13,15-16H2,1-8H3/t17-,18-,22-,23-,25-,27+,28-,29-,30+,32+,33+,34+,35+/m0/s1. The molecule has 13 atom stereocenters. The van der Waals surface area contributed by atoms with E-state index in [1.54, 1.807) is 26.8 Å². The van der Waals surface area contributed by atoms with Crippen LogP contribution in [0.2, 0.25) is 0 Å². The van der Waals surface area contributed by atoms with Gasteiger partial charge in [0.15, 0.2) is 5.78 Å². The summed E-state index contributed by atoms with van der Waals surface area (Å²) in [5.74, 6) is -3.94. The number of hydrogen-bond donors (Lipinski definition) is 2. The summed E-state index contributed by atoms with van der Waals surface area (Å²) in [6.07, 6.45) is 1.34. The van der Waals surface area contributed by atoms with Crippen LogP contribution in [-0.4, -0.2) is 75.5 Å². The van der Waals surface area contributed by atoms with E-state index in [-0.39, 0.29) is 36.4 Å². The van der Waals surface area contributed by atoms with Crippen molar-refractivity contribution < 1.29 is 53.1 Å². The average molecular weight is 647 g/mol. The van der Waals surface area contributed by atoms with Crippen molar-refractivity contribution in [1.29, 1.82) is 0 Å². The first-order chi connectivity index (χ1) is 21.3. The third-order valence-electron chi connectivity index (χ3n) is 12.8. The van der Waals surface area contributed by atoms with E-state index in [9.17, 15) is 34.2 Å². The van der Waals surface area contributed by atoms with Crippen LogP contribution in [0, 0.1) is 40.4 Å². The molecule has 0 bridgehead atoms. The van der Waals surface area contributed by atoms with Crippen molar-refractivity contribution in [3.8, 4) is 0 Å². The molecule has 0 unspecified atom stereocenters. The van der Waals surface area contributed by atoms with E-state index in [0.29, 0.717) is 37.7 Å². The van der Waals surface area contributed by atoms with Crippen molar-refractivity contribution in [3.05, 3.63) is 11.6 Å². The lowest BCUT2D eigenvalue weighted by Gasteiger charge is -2.61. The Balaban J connectivity index is 1.48. The van der Waals surface area contributed by atoms with Gasteiger partial charge < -0.3 is 29.2 Å². The van der Waals surface area contributed by atoms with Crippen molar-refractivity contribution in [3.63, 3.8) is 0 Å². The molecule has 0 aromatic heterocycles. The van der Waals surface area contributed by atoms with Crippen LogP contribution in [-0.2, 0) is 42.9 Å². The number of esters is 4. The third-order valence-corrected chi connectivity index (χ3v) is 12.8. The lowest BCUT2D eigenvalue weighted by atomic mass is 9.45. The molecule has 4 fully saturated rings. The Kier molecular flexibility index (Phi) is 8.80. The first-order valence-electron chi connectivity index (χ1n) is 16.7. The maximum atomic E-state index is 13.9. The van der Waals surface area contributed by atoms with Crippen molar-refractivity contribution >= 4 is 29.7 Å². The van der Waals surface area contributed by atoms with Crippen LogP contribution in [0.4, 0.5) is 0 Å². The van der Waals surface area contributed by atoms with E-state index < -0.39 is 82.1 Å². The van der Waals surface area contributed by atoms with Gasteiger partial charge in [0, 0.05) is 38.0 Å². The minimum absolute atomic E-state index is 0.160. The summed E-state index contributed by atoms with van der Waals surface area (Å²) in [4.78, 5) is 62.5. The molecule has 46 heavy (non-hydrogen) atoms. The number of ether oxygens (including phenoxy) is 4. The molecule has 5 aliphatic rings. The van der Waals surface area contributed by atoms with Crippen molar-refractivity contribution in [1.82, 2.24) is 0 Å². The van der Waals surface area contributed by atoms with Crippen LogP contribution in [0.15, 0.2) is 11.6 Å². The first kappa shape index (κ1) is 34.5. The second-order valence-electron chi connectivity index (χ2n) is 15.4. The second kappa shape index (κ2) is 11.7. The molecule has 1 saturated heterocycles. The Morgan fingerprint density at radius 3 is 2.20 bits per heavy atom. The summed E-state index contributed by atoms with van der Waals surface area (Å²) < 4.78 is 22.4. The van der Waals surface area contributed by atoms with Crippen molar-refractivity contribution in [2.75, 3.05) is 0 Å². The van der Waals surface area contributed by atoms with E-state index >= 15 is 0 Å². The maximum Gasteiger partial charge on any atom is 0.309 e. The van der Waals surface area contributed by atoms with Gasteiger partial charge in [0.25, 0.3) is 0 Å². The molecule has 256 valence electrons. The average Bonchev–Trinajstić information content (AvgIpc) is 3.35. The number of allylic oxidation sites excluding steroid dienone is 1. The third kappa shape index (κ3) is 5.39. The van der Waals surface area contributed by atoms with Crippen LogP contribution < -0.4 is 0 Å². The van der Waals surface area contributed by atoms with Gasteiger partial charge >= 0.3 is 23.9 Å². The second-order valence-corrected chi connectivity index (χ2v) is 15.4. The van der Waals surface area contributed by atoms with E-state index in [1.165, 1.54) is 20.8 Å². The highest BCUT2D eigenvalue weighted by Gasteiger charge is 2.70. The minimum atomic E-state index is -1.57. The predicted octanol–water partition coefficient (Wildman–Crippen LogP) is 3.60. The number of carbonyl (C=O) groups excluding carboxylic acids is 5. The summed E-state index contributed by atoms with van der Waals surface area (Å²) in [6.45, 7) is 13.1. The van der Waals surface area contributed by atoms with E-state index in [4.69, 9.17) is 18.9 Å². The fourth-order valence-electron chi connectivity index (χ4n) is 10.4. The van der Waals surface area contributed by atoms with Crippen LogP contribution in [0.5, 0.6) is 0 Å². The fourth-order valence-corrected chi connectivity index (χ4v) is 10.4. The van der Waals surface area contributed by atoms with Crippen LogP contribution in [0.3, 0.4) is 0 Å². The number of ketones is 1. The molecule has 11 nitrogen and oxygen atoms in total. The normalized spacial score (nSPS) is 43.6. The Bertz CT molecular complexity index is 1340. The number of aliphatic hydroxyl groups is 2. The molecule has 3 saturated carbocycles. The topological polar surface area (TPSA) is 163 Å². The number of hydrogen-bond acceptors (Lipinski definition) is 11. The van der Waals surface area contributed by atoms with Gasteiger partial charge in [0.1, 0.15) is 30.0 Å². The lowest BCUT2D eigenvalue weighted by molar-refractivity contribution is -0.197. The van der Waals surface area contributed by atoms with Crippen LogP contribution in [0.1, 0.15) is 100 Å². The largest absolute Gasteiger partial charge is 0.462 e. The van der Waals surface area contributed by atoms with Gasteiger partial charge in [-0.1, -0.05) is 20.8 Å². The number of rotatable bonds is 7. The monoisotopic (exact) mass is 646 g/mol. The minimum Gasteiger partial charge on any atom is -0.462 e. The van der Waals surface area contributed by atoms with Crippen LogP contribution in [0.25, 0.3) is 0 Å². The molecular formula is C35H50O11. The van der Waals surface area contributed by atoms with Gasteiger partial charge in [0.2, 0.25) is 0 Å². The SMILES string of the molecule is CC(=O)O[C@H]1C[C@@]2(C)[C@@H](C[C@H]1OC(C)=O)C(=O)C=C1[C@@H]2CC[C@]2(C)[C@@H]([C@@](C)(O)[C@@H](C[C@@H]3[C@H](C)OC(=O)[C@H]3C)OC(C)=O)CC[C@@]12O. The fraction of sp³-hybridized carbons (Fsp3) is 0.800. The van der Waals surface area contributed by atoms with E-state index in [2.05, 4.69) is 0 Å². The van der Waals surface area contributed by atoms with Gasteiger partial charge in [-0.25, -0.2) is 0 Å². The highest BCUT2D eigenvalue weighted by Crippen LogP contribution is 2.69. The molecule has 0 aromatic carbocycles. The predicted molar refractivity (Wildman–Crippen MR) is 163 cm³/mol. The summed E-state index contributed by atoms with van der Waals surface area (Å²) in [6, 6.07) is 0. The van der Waals surface area contributed by atoms with Crippen LogP contribution >= 0.6 is 0 Å². The van der Waals surface area contributed by atoms with Gasteiger partial charge in [-0.05, 0) is 87.7 Å². The zero-order valence-electron chi connectivity index (χ0n) is 28.3. The number of carbonyl (C=O) groups is 5. The molecule has 1 heterocycles. The number of fused-ring (bicyclic) bond motifs is 5. The molecule has 0 amide bonds.